The lowest BCUT2D eigenvalue weighted by Crippen LogP contribution is -2.42. The second kappa shape index (κ2) is 8.38. The Kier molecular flexibility index (Phi) is 6.15. The molecule has 0 atom stereocenters. The molecule has 4 rings (SSSR count). The summed E-state index contributed by atoms with van der Waals surface area (Å²) in [6, 6.07) is 3.65. The molecule has 1 aliphatic heterocycles. The Morgan fingerprint density at radius 2 is 1.42 bits per heavy atom. The van der Waals surface area contributed by atoms with Gasteiger partial charge in [0, 0.05) is 41.3 Å². The van der Waals surface area contributed by atoms with Crippen LogP contribution in [0.15, 0.2) is 43.6 Å². The number of rotatable bonds is 4. The fourth-order valence-electron chi connectivity index (χ4n) is 5.24. The summed E-state index contributed by atoms with van der Waals surface area (Å²) in [4.78, 5) is 37.8. The number of Topliss-reactive ketones (excluding diaryl/α,β-unsaturated/α-hetero) is 2. The Hall–Kier alpha value is -1.93. The quantitative estimate of drug-likeness (QED) is 0.478. The first-order chi connectivity index (χ1) is 15.3. The van der Waals surface area contributed by atoms with Crippen LogP contribution in [0.5, 0.6) is 5.75 Å². The summed E-state index contributed by atoms with van der Waals surface area (Å²) in [6.45, 7) is 7.88. The van der Waals surface area contributed by atoms with Crippen LogP contribution in [-0.2, 0) is 14.4 Å². The van der Waals surface area contributed by atoms with E-state index < -0.39 is 18.5 Å². The Labute approximate surface area is 210 Å². The van der Waals surface area contributed by atoms with Gasteiger partial charge in [0.1, 0.15) is 5.75 Å². The third-order valence-electron chi connectivity index (χ3n) is 6.41. The highest BCUT2D eigenvalue weighted by molar-refractivity contribution is 9.11. The lowest BCUT2D eigenvalue weighted by atomic mass is 9.64. The summed E-state index contributed by atoms with van der Waals surface area (Å²) in [5, 5.41) is 12.5. The maximum atomic E-state index is 13.4. The first-order valence-electron chi connectivity index (χ1n) is 10.9. The van der Waals surface area contributed by atoms with Crippen LogP contribution < -0.4 is 10.1 Å². The number of aliphatic carboxylic acids is 1. The number of ether oxygens (including phenoxy) is 1. The van der Waals surface area contributed by atoms with Crippen molar-refractivity contribution in [3.63, 3.8) is 0 Å². The molecule has 1 aromatic carbocycles. The number of allylic oxidation sites excluding steroid dienone is 4. The molecule has 2 aliphatic carbocycles. The van der Waals surface area contributed by atoms with Crippen molar-refractivity contribution in [2.45, 2.75) is 59.3 Å². The average Bonchev–Trinajstić information content (AvgIpc) is 2.63. The molecule has 0 saturated heterocycles. The highest BCUT2D eigenvalue weighted by Gasteiger charge is 2.46. The van der Waals surface area contributed by atoms with E-state index in [2.05, 4.69) is 64.9 Å². The van der Waals surface area contributed by atoms with E-state index in [-0.39, 0.29) is 22.4 Å². The molecule has 0 saturated carbocycles. The zero-order chi connectivity index (χ0) is 24.3. The number of benzene rings is 1. The topological polar surface area (TPSA) is 92.7 Å². The number of halogens is 2. The van der Waals surface area contributed by atoms with Crippen LogP contribution in [-0.4, -0.2) is 29.2 Å². The van der Waals surface area contributed by atoms with Gasteiger partial charge in [0.05, 0.1) is 8.95 Å². The number of dihydropyridines is 1. The molecule has 0 radical (unpaired) electrons. The predicted molar refractivity (Wildman–Crippen MR) is 131 cm³/mol. The summed E-state index contributed by atoms with van der Waals surface area (Å²) >= 11 is 6.98. The number of carboxylic acid groups (broad SMARTS) is 1. The standard InChI is InChI=1S/C25H27Br2NO5/c1-24(2)7-15-21(17(29)9-24)20(22-16(28-15)8-25(3,4)10-18(22)30)12-5-13(26)23(14(27)6-12)33-11-19(31)32/h5-6,20,28H,7-11H2,1-4H3,(H,31,32). The van der Waals surface area contributed by atoms with Gasteiger partial charge in [-0.25, -0.2) is 4.79 Å². The lowest BCUT2D eigenvalue weighted by Gasteiger charge is -2.44. The summed E-state index contributed by atoms with van der Waals surface area (Å²) in [7, 11) is 0. The second-order valence-corrected chi connectivity index (χ2v) is 12.4. The summed E-state index contributed by atoms with van der Waals surface area (Å²) in [6.07, 6.45) is 2.32. The van der Waals surface area contributed by atoms with Crippen LogP contribution in [0.4, 0.5) is 0 Å². The molecule has 8 heteroatoms. The van der Waals surface area contributed by atoms with Crippen molar-refractivity contribution in [2.24, 2.45) is 10.8 Å². The number of hydrogen-bond donors (Lipinski definition) is 2. The number of carboxylic acids is 1. The molecule has 6 nitrogen and oxygen atoms in total. The van der Waals surface area contributed by atoms with Crippen molar-refractivity contribution in [1.82, 2.24) is 5.32 Å². The molecule has 1 aromatic rings. The minimum atomic E-state index is -1.08. The van der Waals surface area contributed by atoms with Crippen LogP contribution in [0.1, 0.15) is 64.9 Å². The molecule has 0 bridgehead atoms. The van der Waals surface area contributed by atoms with Gasteiger partial charge in [0.2, 0.25) is 0 Å². The molecular formula is C25H27Br2NO5. The molecule has 0 unspecified atom stereocenters. The lowest BCUT2D eigenvalue weighted by molar-refractivity contribution is -0.139. The van der Waals surface area contributed by atoms with Crippen LogP contribution in [0.25, 0.3) is 0 Å². The van der Waals surface area contributed by atoms with Crippen molar-refractivity contribution < 1.29 is 24.2 Å². The van der Waals surface area contributed by atoms with E-state index in [0.717, 1.165) is 29.8 Å². The Morgan fingerprint density at radius 1 is 0.970 bits per heavy atom. The van der Waals surface area contributed by atoms with Gasteiger partial charge in [0.25, 0.3) is 0 Å². The molecule has 176 valence electrons. The van der Waals surface area contributed by atoms with Crippen LogP contribution in [0.3, 0.4) is 0 Å². The van der Waals surface area contributed by atoms with Crippen molar-refractivity contribution in [3.05, 3.63) is 49.2 Å². The number of ketones is 2. The fourth-order valence-corrected chi connectivity index (χ4v) is 6.69. The maximum Gasteiger partial charge on any atom is 0.341 e. The van der Waals surface area contributed by atoms with E-state index in [1.807, 2.05) is 12.1 Å². The van der Waals surface area contributed by atoms with Crippen LogP contribution >= 0.6 is 31.9 Å². The molecule has 0 spiro atoms. The zero-order valence-corrected chi connectivity index (χ0v) is 22.3. The summed E-state index contributed by atoms with van der Waals surface area (Å²) in [5.74, 6) is -1.07. The molecule has 0 fully saturated rings. The minimum absolute atomic E-state index is 0.0568. The van der Waals surface area contributed by atoms with E-state index in [1.54, 1.807) is 0 Å². The van der Waals surface area contributed by atoms with Crippen molar-refractivity contribution in [1.29, 1.82) is 0 Å². The molecule has 33 heavy (non-hydrogen) atoms. The number of nitrogens with one attached hydrogen (secondary N) is 1. The maximum absolute atomic E-state index is 13.4. The normalized spacial score (nSPS) is 22.0. The summed E-state index contributed by atoms with van der Waals surface area (Å²) < 4.78 is 6.53. The monoisotopic (exact) mass is 579 g/mol. The third-order valence-corrected chi connectivity index (χ3v) is 7.59. The van der Waals surface area contributed by atoms with Crippen LogP contribution in [0.2, 0.25) is 0 Å². The van der Waals surface area contributed by atoms with Gasteiger partial charge in [-0.2, -0.15) is 0 Å². The van der Waals surface area contributed by atoms with E-state index in [0.29, 0.717) is 38.7 Å². The Balaban J connectivity index is 1.87. The van der Waals surface area contributed by atoms with Gasteiger partial charge in [0.15, 0.2) is 18.2 Å². The van der Waals surface area contributed by atoms with Gasteiger partial charge >= 0.3 is 5.97 Å². The average molecular weight is 581 g/mol. The Bertz CT molecular complexity index is 1070. The summed E-state index contributed by atoms with van der Waals surface area (Å²) in [5.41, 5.74) is 3.62. The van der Waals surface area contributed by atoms with E-state index in [4.69, 9.17) is 9.84 Å². The van der Waals surface area contributed by atoms with Crippen molar-refractivity contribution in [3.8, 4) is 5.75 Å². The fraction of sp³-hybridized carbons (Fsp3) is 0.480. The smallest absolute Gasteiger partial charge is 0.341 e. The van der Waals surface area contributed by atoms with Gasteiger partial charge in [-0.3, -0.25) is 9.59 Å². The number of carbonyl (C=O) groups excluding carboxylic acids is 2. The van der Waals surface area contributed by atoms with Gasteiger partial charge in [-0.1, -0.05) is 27.7 Å². The minimum Gasteiger partial charge on any atom is -0.480 e. The van der Waals surface area contributed by atoms with Gasteiger partial charge < -0.3 is 15.2 Å². The largest absolute Gasteiger partial charge is 0.480 e. The highest BCUT2D eigenvalue weighted by atomic mass is 79.9. The Morgan fingerprint density at radius 3 is 1.85 bits per heavy atom. The molecule has 3 aliphatic rings. The molecule has 1 heterocycles. The molecule has 2 N–H and O–H groups in total. The predicted octanol–water partition coefficient (Wildman–Crippen LogP) is 5.65. The van der Waals surface area contributed by atoms with Crippen molar-refractivity contribution >= 4 is 49.4 Å². The third kappa shape index (κ3) is 4.69. The first-order valence-corrected chi connectivity index (χ1v) is 12.5. The zero-order valence-electron chi connectivity index (χ0n) is 19.1. The van der Waals surface area contributed by atoms with Crippen LogP contribution in [0, 0.1) is 10.8 Å². The molecular weight excluding hydrogens is 554 g/mol. The van der Waals surface area contributed by atoms with E-state index in [1.165, 1.54) is 0 Å². The molecule has 0 amide bonds. The van der Waals surface area contributed by atoms with Crippen molar-refractivity contribution in [2.75, 3.05) is 6.61 Å². The first kappa shape index (κ1) is 24.2. The van der Waals surface area contributed by atoms with Gasteiger partial charge in [-0.15, -0.1) is 0 Å². The van der Waals surface area contributed by atoms with E-state index in [9.17, 15) is 14.4 Å². The molecule has 0 aromatic heterocycles. The number of hydrogen-bond acceptors (Lipinski definition) is 5. The number of carbonyl (C=O) groups is 3. The van der Waals surface area contributed by atoms with E-state index >= 15 is 0 Å². The van der Waals surface area contributed by atoms with Gasteiger partial charge in [-0.05, 0) is 73.2 Å². The highest BCUT2D eigenvalue weighted by Crippen LogP contribution is 2.52. The second-order valence-electron chi connectivity index (χ2n) is 10.7. The SMILES string of the molecule is CC1(C)CC(=O)C2=C(C1)NC1=C(C(=O)CC(C)(C)C1)C2c1cc(Br)c(OCC(=O)O)c(Br)c1.